The molecule has 78 valence electrons. The summed E-state index contributed by atoms with van der Waals surface area (Å²) in [5.41, 5.74) is 0.0180. The first-order valence-electron chi connectivity index (χ1n) is 4.75. The van der Waals surface area contributed by atoms with E-state index >= 15 is 0 Å². The second-order valence-electron chi connectivity index (χ2n) is 3.61. The lowest BCUT2D eigenvalue weighted by atomic mass is 10.0. The molecule has 0 amide bonds. The number of aliphatic carboxylic acids is 2. The van der Waals surface area contributed by atoms with Gasteiger partial charge in [0.2, 0.25) is 0 Å². The standard InChI is InChI=1S/C10H14O4/c11-9(12)6-8(10(13)14)5-7-3-1-2-4-7/h5,7H,1-4,6H2,(H,11,12)(H,13,14). The topological polar surface area (TPSA) is 74.6 Å². The van der Waals surface area contributed by atoms with E-state index in [2.05, 4.69) is 0 Å². The van der Waals surface area contributed by atoms with Crippen molar-refractivity contribution >= 4 is 11.9 Å². The number of carboxylic acids is 2. The van der Waals surface area contributed by atoms with Crippen molar-refractivity contribution in [3.05, 3.63) is 11.6 Å². The molecular weight excluding hydrogens is 184 g/mol. The monoisotopic (exact) mass is 198 g/mol. The van der Waals surface area contributed by atoms with E-state index < -0.39 is 11.9 Å². The van der Waals surface area contributed by atoms with Crippen LogP contribution in [0.2, 0.25) is 0 Å². The Labute approximate surface area is 82.2 Å². The van der Waals surface area contributed by atoms with Gasteiger partial charge in [0.25, 0.3) is 0 Å². The Kier molecular flexibility index (Phi) is 3.68. The molecule has 1 saturated carbocycles. The molecule has 1 rings (SSSR count). The van der Waals surface area contributed by atoms with Crippen molar-refractivity contribution < 1.29 is 19.8 Å². The van der Waals surface area contributed by atoms with Crippen molar-refractivity contribution in [2.45, 2.75) is 32.1 Å². The quantitative estimate of drug-likeness (QED) is 0.674. The van der Waals surface area contributed by atoms with Gasteiger partial charge in [0, 0.05) is 5.57 Å². The molecule has 1 fully saturated rings. The third-order valence-electron chi connectivity index (χ3n) is 2.45. The molecule has 0 aromatic carbocycles. The van der Waals surface area contributed by atoms with Crippen LogP contribution in [0.25, 0.3) is 0 Å². The van der Waals surface area contributed by atoms with Crippen LogP contribution in [0.1, 0.15) is 32.1 Å². The van der Waals surface area contributed by atoms with Crippen LogP contribution in [0, 0.1) is 5.92 Å². The predicted octanol–water partition coefficient (Wildman–Crippen LogP) is 1.66. The van der Waals surface area contributed by atoms with E-state index in [4.69, 9.17) is 10.2 Å². The molecule has 0 aliphatic heterocycles. The van der Waals surface area contributed by atoms with Gasteiger partial charge in [0.05, 0.1) is 6.42 Å². The van der Waals surface area contributed by atoms with Crippen molar-refractivity contribution in [3.63, 3.8) is 0 Å². The van der Waals surface area contributed by atoms with Crippen LogP contribution in [0.3, 0.4) is 0 Å². The van der Waals surface area contributed by atoms with E-state index in [-0.39, 0.29) is 17.9 Å². The van der Waals surface area contributed by atoms with E-state index in [1.54, 1.807) is 6.08 Å². The molecule has 0 unspecified atom stereocenters. The molecule has 14 heavy (non-hydrogen) atoms. The lowest BCUT2D eigenvalue weighted by Gasteiger charge is -2.04. The highest BCUT2D eigenvalue weighted by Gasteiger charge is 2.17. The second kappa shape index (κ2) is 4.79. The molecule has 0 heterocycles. The fraction of sp³-hybridized carbons (Fsp3) is 0.600. The molecule has 0 aromatic heterocycles. The van der Waals surface area contributed by atoms with Gasteiger partial charge in [-0.15, -0.1) is 0 Å². The van der Waals surface area contributed by atoms with Gasteiger partial charge in [0.15, 0.2) is 0 Å². The van der Waals surface area contributed by atoms with E-state index in [0.29, 0.717) is 0 Å². The van der Waals surface area contributed by atoms with E-state index in [1.807, 2.05) is 0 Å². The smallest absolute Gasteiger partial charge is 0.331 e. The van der Waals surface area contributed by atoms with Crippen molar-refractivity contribution in [3.8, 4) is 0 Å². The summed E-state index contributed by atoms with van der Waals surface area (Å²) in [6.45, 7) is 0. The van der Waals surface area contributed by atoms with Crippen LogP contribution < -0.4 is 0 Å². The van der Waals surface area contributed by atoms with Gasteiger partial charge in [0.1, 0.15) is 0 Å². The minimum Gasteiger partial charge on any atom is -0.481 e. The number of allylic oxidation sites excluding steroid dienone is 1. The zero-order valence-corrected chi connectivity index (χ0v) is 7.90. The van der Waals surface area contributed by atoms with Crippen LogP contribution in [0.4, 0.5) is 0 Å². The number of carbonyl (C=O) groups is 2. The van der Waals surface area contributed by atoms with E-state index in [0.717, 1.165) is 25.7 Å². The minimum atomic E-state index is -1.11. The lowest BCUT2D eigenvalue weighted by molar-refractivity contribution is -0.139. The Morgan fingerprint density at radius 1 is 1.21 bits per heavy atom. The maximum Gasteiger partial charge on any atom is 0.331 e. The van der Waals surface area contributed by atoms with Gasteiger partial charge in [-0.05, 0) is 18.8 Å². The Morgan fingerprint density at radius 3 is 2.21 bits per heavy atom. The molecule has 4 heteroatoms. The minimum absolute atomic E-state index is 0.0180. The molecule has 2 N–H and O–H groups in total. The zero-order chi connectivity index (χ0) is 10.6. The summed E-state index contributed by atoms with van der Waals surface area (Å²) < 4.78 is 0. The van der Waals surface area contributed by atoms with Crippen molar-refractivity contribution in [2.24, 2.45) is 5.92 Å². The molecule has 0 spiro atoms. The van der Waals surface area contributed by atoms with Gasteiger partial charge in [-0.25, -0.2) is 4.79 Å². The Bertz CT molecular complexity index is 261. The normalized spacial score (nSPS) is 18.4. The SMILES string of the molecule is O=C(O)CC(=CC1CCCC1)C(=O)O. The number of carboxylic acid groups (broad SMARTS) is 2. The van der Waals surface area contributed by atoms with Crippen molar-refractivity contribution in [1.82, 2.24) is 0 Å². The largest absolute Gasteiger partial charge is 0.481 e. The molecule has 1 aliphatic carbocycles. The maximum absolute atomic E-state index is 10.7. The summed E-state index contributed by atoms with van der Waals surface area (Å²) in [6, 6.07) is 0. The maximum atomic E-state index is 10.7. The highest BCUT2D eigenvalue weighted by molar-refractivity contribution is 5.92. The summed E-state index contributed by atoms with van der Waals surface area (Å²) >= 11 is 0. The molecule has 0 saturated heterocycles. The number of hydrogen-bond donors (Lipinski definition) is 2. The van der Waals surface area contributed by atoms with Crippen LogP contribution in [-0.2, 0) is 9.59 Å². The molecule has 1 aliphatic rings. The Morgan fingerprint density at radius 2 is 1.79 bits per heavy atom. The summed E-state index contributed by atoms with van der Waals surface area (Å²) in [5.74, 6) is -1.93. The number of hydrogen-bond acceptors (Lipinski definition) is 2. The highest BCUT2D eigenvalue weighted by Crippen LogP contribution is 2.27. The molecule has 4 nitrogen and oxygen atoms in total. The average molecular weight is 198 g/mol. The molecule has 0 aromatic rings. The lowest BCUT2D eigenvalue weighted by Crippen LogP contribution is -2.08. The summed E-state index contributed by atoms with van der Waals surface area (Å²) in [5, 5.41) is 17.3. The summed E-state index contributed by atoms with van der Waals surface area (Å²) in [7, 11) is 0. The first kappa shape index (κ1) is 10.8. The Hall–Kier alpha value is -1.32. The first-order chi connectivity index (χ1) is 6.59. The highest BCUT2D eigenvalue weighted by atomic mass is 16.4. The van der Waals surface area contributed by atoms with Gasteiger partial charge in [-0.2, -0.15) is 0 Å². The summed E-state index contributed by atoms with van der Waals surface area (Å²) in [6.07, 6.45) is 5.42. The van der Waals surface area contributed by atoms with Crippen molar-refractivity contribution in [1.29, 1.82) is 0 Å². The van der Waals surface area contributed by atoms with Crippen LogP contribution in [0.15, 0.2) is 11.6 Å². The van der Waals surface area contributed by atoms with Gasteiger partial charge >= 0.3 is 11.9 Å². The summed E-state index contributed by atoms with van der Waals surface area (Å²) in [4.78, 5) is 21.1. The van der Waals surface area contributed by atoms with E-state index in [1.165, 1.54) is 0 Å². The van der Waals surface area contributed by atoms with Crippen LogP contribution in [0.5, 0.6) is 0 Å². The van der Waals surface area contributed by atoms with Crippen LogP contribution >= 0.6 is 0 Å². The fourth-order valence-electron chi connectivity index (χ4n) is 1.78. The second-order valence-corrected chi connectivity index (χ2v) is 3.61. The predicted molar refractivity (Wildman–Crippen MR) is 49.9 cm³/mol. The third kappa shape index (κ3) is 3.20. The van der Waals surface area contributed by atoms with Crippen LogP contribution in [-0.4, -0.2) is 22.2 Å². The van der Waals surface area contributed by atoms with Crippen molar-refractivity contribution in [2.75, 3.05) is 0 Å². The third-order valence-corrected chi connectivity index (χ3v) is 2.45. The van der Waals surface area contributed by atoms with Gasteiger partial charge < -0.3 is 10.2 Å². The molecular formula is C10H14O4. The Balaban J connectivity index is 2.64. The van der Waals surface area contributed by atoms with Gasteiger partial charge in [-0.1, -0.05) is 18.9 Å². The van der Waals surface area contributed by atoms with Gasteiger partial charge in [-0.3, -0.25) is 4.79 Å². The molecule has 0 radical (unpaired) electrons. The van der Waals surface area contributed by atoms with E-state index in [9.17, 15) is 9.59 Å². The fourth-order valence-corrected chi connectivity index (χ4v) is 1.78. The molecule has 0 bridgehead atoms. The molecule has 0 atom stereocenters. The number of rotatable bonds is 4. The first-order valence-corrected chi connectivity index (χ1v) is 4.75. The average Bonchev–Trinajstić information content (AvgIpc) is 2.54. The zero-order valence-electron chi connectivity index (χ0n) is 7.90.